The summed E-state index contributed by atoms with van der Waals surface area (Å²) in [4.78, 5) is 0. The molecule has 0 aromatic heterocycles. The van der Waals surface area contributed by atoms with Gasteiger partial charge >= 0.3 is 0 Å². The van der Waals surface area contributed by atoms with Crippen LogP contribution in [0.5, 0.6) is 0 Å². The van der Waals surface area contributed by atoms with Crippen molar-refractivity contribution in [2.24, 2.45) is 11.8 Å². The molecule has 3 nitrogen and oxygen atoms in total. The molecule has 1 aliphatic rings. The third kappa shape index (κ3) is 3.42. The molecule has 0 radical (unpaired) electrons. The molecule has 1 aromatic carbocycles. The van der Waals surface area contributed by atoms with Crippen molar-refractivity contribution in [2.45, 2.75) is 25.3 Å². The lowest BCUT2D eigenvalue weighted by molar-refractivity contribution is 0.181. The third-order valence-corrected chi connectivity index (χ3v) is 3.80. The topological polar surface area (TPSA) is 47.3 Å². The number of nitrogens with one attached hydrogen (secondary N) is 1. The molecule has 0 spiro atoms. The Balaban J connectivity index is 1.98. The van der Waals surface area contributed by atoms with Crippen LogP contribution >= 0.6 is 11.6 Å². The van der Waals surface area contributed by atoms with E-state index in [4.69, 9.17) is 22.2 Å². The van der Waals surface area contributed by atoms with Gasteiger partial charge in [0.05, 0.1) is 5.02 Å². The monoisotopic (exact) mass is 272 g/mol. The average Bonchev–Trinajstić information content (AvgIpc) is 2.86. The van der Waals surface area contributed by atoms with E-state index >= 15 is 0 Å². The molecule has 0 amide bonds. The summed E-state index contributed by atoms with van der Waals surface area (Å²) in [5, 5.41) is 0.195. The standard InChI is InChI=1S/C13H18ClFN2O/c14-13-10(2-1-3-12(13)15)7-11(17-16)6-9-4-5-18-8-9/h1-3,9,11,17H,4-8,16H2. The van der Waals surface area contributed by atoms with Gasteiger partial charge in [0.2, 0.25) is 0 Å². The average molecular weight is 273 g/mol. The van der Waals surface area contributed by atoms with Gasteiger partial charge in [0.1, 0.15) is 5.82 Å². The zero-order valence-electron chi connectivity index (χ0n) is 10.2. The van der Waals surface area contributed by atoms with E-state index in [9.17, 15) is 4.39 Å². The Hall–Kier alpha value is -0.680. The Morgan fingerprint density at radius 3 is 3.06 bits per heavy atom. The van der Waals surface area contributed by atoms with Crippen LogP contribution in [-0.2, 0) is 11.2 Å². The number of hydrazine groups is 1. The van der Waals surface area contributed by atoms with Crippen molar-refractivity contribution in [1.82, 2.24) is 5.43 Å². The molecule has 100 valence electrons. The molecule has 0 saturated carbocycles. The van der Waals surface area contributed by atoms with Crippen molar-refractivity contribution < 1.29 is 9.13 Å². The van der Waals surface area contributed by atoms with Crippen molar-refractivity contribution in [2.75, 3.05) is 13.2 Å². The van der Waals surface area contributed by atoms with E-state index in [1.54, 1.807) is 6.07 Å². The molecule has 1 heterocycles. The number of halogens is 2. The molecule has 1 aliphatic heterocycles. The number of hydrogen-bond donors (Lipinski definition) is 2. The van der Waals surface area contributed by atoms with Crippen LogP contribution in [0.2, 0.25) is 5.02 Å². The Morgan fingerprint density at radius 1 is 1.56 bits per heavy atom. The molecule has 0 bridgehead atoms. The number of ether oxygens (including phenoxy) is 1. The first-order chi connectivity index (χ1) is 8.70. The third-order valence-electron chi connectivity index (χ3n) is 3.38. The fraction of sp³-hybridized carbons (Fsp3) is 0.538. The molecule has 1 saturated heterocycles. The van der Waals surface area contributed by atoms with Gasteiger partial charge in [-0.15, -0.1) is 0 Å². The van der Waals surface area contributed by atoms with Gasteiger partial charge < -0.3 is 4.74 Å². The normalized spacial score (nSPS) is 21.2. The summed E-state index contributed by atoms with van der Waals surface area (Å²) in [7, 11) is 0. The summed E-state index contributed by atoms with van der Waals surface area (Å²) in [5.74, 6) is 5.71. The highest BCUT2D eigenvalue weighted by Crippen LogP contribution is 2.24. The van der Waals surface area contributed by atoms with Crippen molar-refractivity contribution in [3.05, 3.63) is 34.6 Å². The largest absolute Gasteiger partial charge is 0.381 e. The molecular weight excluding hydrogens is 255 g/mol. The van der Waals surface area contributed by atoms with Crippen LogP contribution in [0, 0.1) is 11.7 Å². The van der Waals surface area contributed by atoms with Crippen molar-refractivity contribution in [3.8, 4) is 0 Å². The predicted molar refractivity (Wildman–Crippen MR) is 69.8 cm³/mol. The summed E-state index contributed by atoms with van der Waals surface area (Å²) in [6.45, 7) is 1.61. The lowest BCUT2D eigenvalue weighted by Gasteiger charge is -2.19. The summed E-state index contributed by atoms with van der Waals surface area (Å²) in [5.41, 5.74) is 3.58. The van der Waals surface area contributed by atoms with Crippen molar-refractivity contribution in [1.29, 1.82) is 0 Å². The predicted octanol–water partition coefficient (Wildman–Crippen LogP) is 2.28. The Labute approximate surface area is 111 Å². The zero-order valence-corrected chi connectivity index (χ0v) is 10.9. The lowest BCUT2D eigenvalue weighted by Crippen LogP contribution is -2.38. The second-order valence-corrected chi connectivity index (χ2v) is 5.12. The van der Waals surface area contributed by atoms with Crippen LogP contribution in [0.1, 0.15) is 18.4 Å². The number of rotatable bonds is 5. The molecule has 1 fully saturated rings. The highest BCUT2D eigenvalue weighted by Gasteiger charge is 2.21. The van der Waals surface area contributed by atoms with E-state index in [0.29, 0.717) is 12.3 Å². The van der Waals surface area contributed by atoms with Crippen LogP contribution < -0.4 is 11.3 Å². The first kappa shape index (κ1) is 13.7. The Kier molecular flexibility index (Phi) is 4.95. The van der Waals surface area contributed by atoms with Gasteiger partial charge in [0.15, 0.2) is 0 Å². The number of nitrogens with two attached hydrogens (primary N) is 1. The minimum Gasteiger partial charge on any atom is -0.381 e. The SMILES string of the molecule is NNC(Cc1cccc(F)c1Cl)CC1CCOC1. The number of hydrogen-bond acceptors (Lipinski definition) is 3. The highest BCUT2D eigenvalue weighted by molar-refractivity contribution is 6.31. The van der Waals surface area contributed by atoms with Crippen LogP contribution in [-0.4, -0.2) is 19.3 Å². The molecule has 3 N–H and O–H groups in total. The maximum Gasteiger partial charge on any atom is 0.142 e. The summed E-state index contributed by atoms with van der Waals surface area (Å²) >= 11 is 5.94. The van der Waals surface area contributed by atoms with E-state index in [1.165, 1.54) is 6.07 Å². The second kappa shape index (κ2) is 6.48. The molecule has 1 aromatic rings. The van der Waals surface area contributed by atoms with Gasteiger partial charge in [-0.2, -0.15) is 0 Å². The molecule has 0 aliphatic carbocycles. The maximum atomic E-state index is 13.3. The van der Waals surface area contributed by atoms with E-state index in [2.05, 4.69) is 5.43 Å². The smallest absolute Gasteiger partial charge is 0.142 e. The molecule has 18 heavy (non-hydrogen) atoms. The van der Waals surface area contributed by atoms with Gasteiger partial charge in [-0.1, -0.05) is 23.7 Å². The van der Waals surface area contributed by atoms with E-state index in [1.807, 2.05) is 6.07 Å². The number of benzene rings is 1. The van der Waals surface area contributed by atoms with Crippen LogP contribution in [0.15, 0.2) is 18.2 Å². The van der Waals surface area contributed by atoms with Gasteiger partial charge in [0.25, 0.3) is 0 Å². The maximum absolute atomic E-state index is 13.3. The molecule has 5 heteroatoms. The minimum atomic E-state index is -0.380. The molecule has 2 rings (SSSR count). The van der Waals surface area contributed by atoms with Crippen molar-refractivity contribution >= 4 is 11.6 Å². The van der Waals surface area contributed by atoms with Gasteiger partial charge in [-0.05, 0) is 36.8 Å². The summed E-state index contributed by atoms with van der Waals surface area (Å²) < 4.78 is 18.7. The minimum absolute atomic E-state index is 0.0935. The molecule has 2 unspecified atom stereocenters. The first-order valence-corrected chi connectivity index (χ1v) is 6.55. The quantitative estimate of drug-likeness (QED) is 0.639. The Morgan fingerprint density at radius 2 is 2.39 bits per heavy atom. The van der Waals surface area contributed by atoms with Gasteiger partial charge in [-0.25, -0.2) is 4.39 Å². The Bertz CT molecular complexity index is 397. The van der Waals surface area contributed by atoms with E-state index in [0.717, 1.165) is 31.6 Å². The van der Waals surface area contributed by atoms with E-state index in [-0.39, 0.29) is 16.9 Å². The van der Waals surface area contributed by atoms with Gasteiger partial charge in [-0.3, -0.25) is 11.3 Å². The molecule has 2 atom stereocenters. The van der Waals surface area contributed by atoms with E-state index < -0.39 is 0 Å². The fourth-order valence-corrected chi connectivity index (χ4v) is 2.56. The van der Waals surface area contributed by atoms with Crippen LogP contribution in [0.3, 0.4) is 0 Å². The summed E-state index contributed by atoms with van der Waals surface area (Å²) in [6.07, 6.45) is 2.61. The lowest BCUT2D eigenvalue weighted by atomic mass is 9.95. The summed E-state index contributed by atoms with van der Waals surface area (Å²) in [6, 6.07) is 4.96. The van der Waals surface area contributed by atoms with Crippen molar-refractivity contribution in [3.63, 3.8) is 0 Å². The first-order valence-electron chi connectivity index (χ1n) is 6.17. The highest BCUT2D eigenvalue weighted by atomic mass is 35.5. The van der Waals surface area contributed by atoms with Crippen LogP contribution in [0.4, 0.5) is 4.39 Å². The second-order valence-electron chi connectivity index (χ2n) is 4.75. The van der Waals surface area contributed by atoms with Crippen LogP contribution in [0.25, 0.3) is 0 Å². The van der Waals surface area contributed by atoms with Gasteiger partial charge in [0, 0.05) is 19.3 Å². The fourth-order valence-electron chi connectivity index (χ4n) is 2.35. The molecular formula is C13H18ClFN2O. The zero-order chi connectivity index (χ0) is 13.0.